The maximum Gasteiger partial charge on any atom is 0.240 e. The average molecular weight is 423 g/mol. The number of amides is 1. The molecule has 0 unspecified atom stereocenters. The van der Waals surface area contributed by atoms with Crippen LogP contribution < -0.4 is 9.62 Å². The van der Waals surface area contributed by atoms with Crippen molar-refractivity contribution in [2.75, 3.05) is 11.4 Å². The van der Waals surface area contributed by atoms with E-state index in [0.717, 1.165) is 17.7 Å². The number of carbonyl (C=O) groups excluding carboxylic acids is 1. The monoisotopic (exact) mass is 422 g/mol. The predicted molar refractivity (Wildman–Crippen MR) is 101 cm³/mol. The smallest absolute Gasteiger partial charge is 0.240 e. The number of nitrogens with one attached hydrogen (secondary N) is 1. The van der Waals surface area contributed by atoms with E-state index < -0.39 is 10.0 Å². The molecular formula is C18H19BrN2O3S. The first kappa shape index (κ1) is 18.1. The van der Waals surface area contributed by atoms with E-state index in [4.69, 9.17) is 0 Å². The third kappa shape index (κ3) is 3.94. The molecule has 0 aliphatic carbocycles. The van der Waals surface area contributed by atoms with Gasteiger partial charge in [0.1, 0.15) is 0 Å². The van der Waals surface area contributed by atoms with E-state index in [9.17, 15) is 13.2 Å². The summed E-state index contributed by atoms with van der Waals surface area (Å²) in [5.74, 6) is -0.0746. The van der Waals surface area contributed by atoms with Crippen LogP contribution in [0.1, 0.15) is 18.9 Å². The Bertz CT molecular complexity index is 899. The molecule has 7 heteroatoms. The SMILES string of the molecule is C[C@H]1Cc2ccccc2N1C(=O)CCNS(=O)(=O)c1cccc(Br)c1. The summed E-state index contributed by atoms with van der Waals surface area (Å²) in [7, 11) is -3.63. The van der Waals surface area contributed by atoms with E-state index in [-0.39, 0.29) is 29.8 Å². The number of benzene rings is 2. The zero-order valence-electron chi connectivity index (χ0n) is 13.8. The normalized spacial score (nSPS) is 16.7. The van der Waals surface area contributed by atoms with Crippen molar-refractivity contribution in [2.24, 2.45) is 0 Å². The van der Waals surface area contributed by atoms with Crippen LogP contribution in [0.5, 0.6) is 0 Å². The van der Waals surface area contributed by atoms with Crippen molar-refractivity contribution in [1.82, 2.24) is 4.72 Å². The Morgan fingerprint density at radius 1 is 1.24 bits per heavy atom. The molecule has 132 valence electrons. The zero-order valence-corrected chi connectivity index (χ0v) is 16.2. The van der Waals surface area contributed by atoms with Crippen molar-refractivity contribution in [1.29, 1.82) is 0 Å². The van der Waals surface area contributed by atoms with Gasteiger partial charge >= 0.3 is 0 Å². The van der Waals surface area contributed by atoms with Gasteiger partial charge in [0.2, 0.25) is 15.9 Å². The van der Waals surface area contributed by atoms with Crippen molar-refractivity contribution < 1.29 is 13.2 Å². The Kier molecular flexibility index (Phi) is 5.27. The zero-order chi connectivity index (χ0) is 18.0. The number of para-hydroxylation sites is 1. The van der Waals surface area contributed by atoms with Gasteiger partial charge in [-0.3, -0.25) is 4.79 Å². The molecule has 1 N–H and O–H groups in total. The van der Waals surface area contributed by atoms with Crippen LogP contribution in [0.25, 0.3) is 0 Å². The molecule has 1 heterocycles. The van der Waals surface area contributed by atoms with Gasteiger partial charge in [-0.15, -0.1) is 0 Å². The molecule has 0 radical (unpaired) electrons. The standard InChI is InChI=1S/C18H19BrN2O3S/c1-13-11-14-5-2-3-8-17(14)21(13)18(22)9-10-20-25(23,24)16-7-4-6-15(19)12-16/h2-8,12-13,20H,9-11H2,1H3/t13-/m0/s1. The molecule has 25 heavy (non-hydrogen) atoms. The van der Waals surface area contributed by atoms with E-state index in [2.05, 4.69) is 20.7 Å². The molecule has 5 nitrogen and oxygen atoms in total. The highest BCUT2D eigenvalue weighted by Crippen LogP contribution is 2.32. The van der Waals surface area contributed by atoms with Crippen molar-refractivity contribution in [3.8, 4) is 0 Å². The Morgan fingerprint density at radius 3 is 2.76 bits per heavy atom. The highest BCUT2D eigenvalue weighted by atomic mass is 79.9. The fourth-order valence-corrected chi connectivity index (χ4v) is 4.70. The van der Waals surface area contributed by atoms with Gasteiger partial charge in [-0.1, -0.05) is 40.2 Å². The number of rotatable bonds is 5. The van der Waals surface area contributed by atoms with Crippen LogP contribution >= 0.6 is 15.9 Å². The van der Waals surface area contributed by atoms with E-state index >= 15 is 0 Å². The molecule has 0 bridgehead atoms. The van der Waals surface area contributed by atoms with Crippen LogP contribution in [0, 0.1) is 0 Å². The Hall–Kier alpha value is -1.70. The summed E-state index contributed by atoms with van der Waals surface area (Å²) in [4.78, 5) is 14.5. The number of hydrogen-bond acceptors (Lipinski definition) is 3. The Balaban J connectivity index is 1.63. The van der Waals surface area contributed by atoms with E-state index in [1.54, 1.807) is 17.0 Å². The molecule has 3 rings (SSSR count). The van der Waals surface area contributed by atoms with Gasteiger partial charge in [-0.2, -0.15) is 0 Å². The maximum absolute atomic E-state index is 12.6. The second kappa shape index (κ2) is 7.27. The van der Waals surface area contributed by atoms with Gasteiger partial charge in [-0.25, -0.2) is 13.1 Å². The molecule has 1 aliphatic heterocycles. The van der Waals surface area contributed by atoms with Crippen molar-refractivity contribution >= 4 is 37.5 Å². The topological polar surface area (TPSA) is 66.5 Å². The number of carbonyl (C=O) groups is 1. The minimum Gasteiger partial charge on any atom is -0.309 e. The highest BCUT2D eigenvalue weighted by Gasteiger charge is 2.30. The van der Waals surface area contributed by atoms with Gasteiger partial charge in [0.15, 0.2) is 0 Å². The largest absolute Gasteiger partial charge is 0.309 e. The van der Waals surface area contributed by atoms with Gasteiger partial charge in [0.05, 0.1) is 4.90 Å². The third-order valence-corrected chi connectivity index (χ3v) is 6.17. The van der Waals surface area contributed by atoms with Gasteiger partial charge in [-0.05, 0) is 43.2 Å². The first-order chi connectivity index (χ1) is 11.9. The van der Waals surface area contributed by atoms with E-state index in [0.29, 0.717) is 4.47 Å². The van der Waals surface area contributed by atoms with Gasteiger partial charge in [0.25, 0.3) is 0 Å². The summed E-state index contributed by atoms with van der Waals surface area (Å²) in [5.41, 5.74) is 2.08. The minimum atomic E-state index is -3.63. The summed E-state index contributed by atoms with van der Waals surface area (Å²) in [6.45, 7) is 2.07. The van der Waals surface area contributed by atoms with Crippen LogP contribution in [0.2, 0.25) is 0 Å². The van der Waals surface area contributed by atoms with Crippen LogP contribution in [-0.4, -0.2) is 26.9 Å². The number of anilines is 1. The summed E-state index contributed by atoms with van der Waals surface area (Å²) >= 11 is 3.26. The molecule has 1 amide bonds. The lowest BCUT2D eigenvalue weighted by Crippen LogP contribution is -2.38. The summed E-state index contributed by atoms with van der Waals surface area (Å²) < 4.78 is 27.8. The first-order valence-corrected chi connectivity index (χ1v) is 10.3. The summed E-state index contributed by atoms with van der Waals surface area (Å²) in [6.07, 6.45) is 0.942. The van der Waals surface area contributed by atoms with Gasteiger partial charge in [0, 0.05) is 29.2 Å². The number of hydrogen-bond donors (Lipinski definition) is 1. The number of sulfonamides is 1. The fourth-order valence-electron chi connectivity index (χ4n) is 3.08. The molecule has 1 atom stereocenters. The van der Waals surface area contributed by atoms with E-state index in [1.165, 1.54) is 12.1 Å². The lowest BCUT2D eigenvalue weighted by Gasteiger charge is -2.22. The quantitative estimate of drug-likeness (QED) is 0.804. The van der Waals surface area contributed by atoms with E-state index in [1.807, 2.05) is 31.2 Å². The van der Waals surface area contributed by atoms with Crippen LogP contribution in [-0.2, 0) is 21.2 Å². The molecule has 0 fully saturated rings. The van der Waals surface area contributed by atoms with Gasteiger partial charge < -0.3 is 4.90 Å². The van der Waals surface area contributed by atoms with Crippen molar-refractivity contribution in [3.05, 3.63) is 58.6 Å². The molecule has 2 aromatic rings. The third-order valence-electron chi connectivity index (χ3n) is 4.21. The average Bonchev–Trinajstić information content (AvgIpc) is 2.90. The molecule has 1 aliphatic rings. The summed E-state index contributed by atoms with van der Waals surface area (Å²) in [6, 6.07) is 14.4. The van der Waals surface area contributed by atoms with Crippen molar-refractivity contribution in [2.45, 2.75) is 30.7 Å². The molecule has 0 saturated heterocycles. The molecule has 0 aromatic heterocycles. The molecule has 2 aromatic carbocycles. The Morgan fingerprint density at radius 2 is 2.00 bits per heavy atom. The fraction of sp³-hybridized carbons (Fsp3) is 0.278. The first-order valence-electron chi connectivity index (χ1n) is 8.04. The second-order valence-electron chi connectivity index (χ2n) is 6.05. The number of halogens is 1. The van der Waals surface area contributed by atoms with Crippen LogP contribution in [0.15, 0.2) is 57.9 Å². The summed E-state index contributed by atoms with van der Waals surface area (Å²) in [5, 5.41) is 0. The molecular weight excluding hydrogens is 404 g/mol. The highest BCUT2D eigenvalue weighted by molar-refractivity contribution is 9.10. The van der Waals surface area contributed by atoms with Crippen LogP contribution in [0.3, 0.4) is 0 Å². The second-order valence-corrected chi connectivity index (χ2v) is 8.73. The molecule has 0 saturated carbocycles. The Labute approximate surface area is 156 Å². The maximum atomic E-state index is 12.6. The minimum absolute atomic E-state index is 0.0685. The number of fused-ring (bicyclic) bond motifs is 1. The van der Waals surface area contributed by atoms with Crippen LogP contribution in [0.4, 0.5) is 5.69 Å². The lowest BCUT2D eigenvalue weighted by molar-refractivity contribution is -0.118. The lowest BCUT2D eigenvalue weighted by atomic mass is 10.1. The number of nitrogens with zero attached hydrogens (tertiary/aromatic N) is 1. The molecule has 0 spiro atoms. The van der Waals surface area contributed by atoms with Crippen molar-refractivity contribution in [3.63, 3.8) is 0 Å². The predicted octanol–water partition coefficient (Wildman–Crippen LogP) is 3.10.